The van der Waals surface area contributed by atoms with Crippen molar-refractivity contribution in [2.24, 2.45) is 5.92 Å². The van der Waals surface area contributed by atoms with Gasteiger partial charge in [-0.25, -0.2) is 8.42 Å². The number of carbonyl (C=O) groups excluding carboxylic acids is 1. The van der Waals surface area contributed by atoms with Crippen LogP contribution in [-0.4, -0.2) is 38.8 Å². The number of anilines is 1. The van der Waals surface area contributed by atoms with Crippen LogP contribution in [0.1, 0.15) is 12.8 Å². The predicted octanol–water partition coefficient (Wildman–Crippen LogP) is 3.40. The van der Waals surface area contributed by atoms with Crippen LogP contribution in [0.25, 0.3) is 0 Å². The molecule has 1 aliphatic heterocycles. The maximum atomic E-state index is 12.7. The number of benzene rings is 2. The fourth-order valence-electron chi connectivity index (χ4n) is 3.15. The van der Waals surface area contributed by atoms with Crippen molar-refractivity contribution >= 4 is 33.2 Å². The summed E-state index contributed by atoms with van der Waals surface area (Å²) in [6, 6.07) is 15.6. The lowest BCUT2D eigenvalue weighted by molar-refractivity contribution is -0.123. The number of hydrogen-bond acceptors (Lipinski definition) is 3. The second-order valence-corrected chi connectivity index (χ2v) is 8.74. The number of nitrogens with zero attached hydrogens (tertiary/aromatic N) is 2. The molecule has 0 radical (unpaired) electrons. The molecule has 2 aromatic carbocycles. The Morgan fingerprint density at radius 3 is 2.19 bits per heavy atom. The lowest BCUT2D eigenvalue weighted by Crippen LogP contribution is -2.43. The standard InChI is InChI=1S/C19H21ClN2O3S/c1-21(17-5-3-2-4-6-17)19(23)15-11-13-22(14-12-15)26(24,25)18-9-7-16(20)8-10-18/h2-10,15H,11-14H2,1H3. The second kappa shape index (κ2) is 7.78. The summed E-state index contributed by atoms with van der Waals surface area (Å²) in [5.41, 5.74) is 0.841. The molecule has 26 heavy (non-hydrogen) atoms. The molecule has 0 saturated carbocycles. The highest BCUT2D eigenvalue weighted by atomic mass is 35.5. The van der Waals surface area contributed by atoms with Gasteiger partial charge in [-0.1, -0.05) is 29.8 Å². The van der Waals surface area contributed by atoms with E-state index in [4.69, 9.17) is 11.6 Å². The Balaban J connectivity index is 1.65. The van der Waals surface area contributed by atoms with Crippen LogP contribution in [0.4, 0.5) is 5.69 Å². The smallest absolute Gasteiger partial charge is 0.243 e. The average molecular weight is 393 g/mol. The van der Waals surface area contributed by atoms with E-state index in [1.807, 2.05) is 30.3 Å². The van der Waals surface area contributed by atoms with Crippen molar-refractivity contribution in [1.29, 1.82) is 0 Å². The molecular formula is C19H21ClN2O3S. The number of halogens is 1. The van der Waals surface area contributed by atoms with Crippen LogP contribution >= 0.6 is 11.6 Å². The van der Waals surface area contributed by atoms with Gasteiger partial charge in [0.15, 0.2) is 0 Å². The van der Waals surface area contributed by atoms with Gasteiger partial charge in [0.05, 0.1) is 4.90 Å². The van der Waals surface area contributed by atoms with Gasteiger partial charge in [-0.05, 0) is 49.2 Å². The van der Waals surface area contributed by atoms with E-state index in [1.165, 1.54) is 16.4 Å². The molecule has 1 saturated heterocycles. The summed E-state index contributed by atoms with van der Waals surface area (Å²) in [7, 11) is -1.79. The third-order valence-corrected chi connectivity index (χ3v) is 6.89. The van der Waals surface area contributed by atoms with Crippen LogP contribution in [0.2, 0.25) is 5.02 Å². The molecule has 138 valence electrons. The van der Waals surface area contributed by atoms with Crippen LogP contribution in [0.3, 0.4) is 0 Å². The van der Waals surface area contributed by atoms with Crippen LogP contribution < -0.4 is 4.90 Å². The van der Waals surface area contributed by atoms with Crippen LogP contribution in [0, 0.1) is 5.92 Å². The largest absolute Gasteiger partial charge is 0.315 e. The lowest BCUT2D eigenvalue weighted by Gasteiger charge is -2.32. The van der Waals surface area contributed by atoms with Crippen molar-refractivity contribution in [3.05, 3.63) is 59.6 Å². The Morgan fingerprint density at radius 2 is 1.62 bits per heavy atom. The fraction of sp³-hybridized carbons (Fsp3) is 0.316. The summed E-state index contributed by atoms with van der Waals surface area (Å²) >= 11 is 5.83. The van der Waals surface area contributed by atoms with E-state index < -0.39 is 10.0 Å². The highest BCUT2D eigenvalue weighted by molar-refractivity contribution is 7.89. The zero-order chi connectivity index (χ0) is 18.7. The SMILES string of the molecule is CN(C(=O)C1CCN(S(=O)(=O)c2ccc(Cl)cc2)CC1)c1ccccc1. The van der Waals surface area contributed by atoms with Crippen LogP contribution in [-0.2, 0) is 14.8 Å². The first-order valence-electron chi connectivity index (χ1n) is 8.48. The lowest BCUT2D eigenvalue weighted by atomic mass is 9.96. The van der Waals surface area contributed by atoms with Gasteiger partial charge in [0.2, 0.25) is 15.9 Å². The molecule has 1 fully saturated rings. The zero-order valence-corrected chi connectivity index (χ0v) is 16.1. The third kappa shape index (κ3) is 3.92. The number of sulfonamides is 1. The molecular weight excluding hydrogens is 372 g/mol. The molecule has 0 unspecified atom stereocenters. The van der Waals surface area contributed by atoms with E-state index in [9.17, 15) is 13.2 Å². The van der Waals surface area contributed by atoms with Gasteiger partial charge in [0.1, 0.15) is 0 Å². The first kappa shape index (κ1) is 18.9. The van der Waals surface area contributed by atoms with Gasteiger partial charge in [-0.15, -0.1) is 0 Å². The highest BCUT2D eigenvalue weighted by Gasteiger charge is 2.33. The first-order valence-corrected chi connectivity index (χ1v) is 10.3. The number of piperidine rings is 1. The maximum Gasteiger partial charge on any atom is 0.243 e. The van der Waals surface area contributed by atoms with Gasteiger partial charge in [0.25, 0.3) is 0 Å². The topological polar surface area (TPSA) is 57.7 Å². The van der Waals surface area contributed by atoms with Gasteiger partial charge < -0.3 is 4.90 Å². The van der Waals surface area contributed by atoms with Gasteiger partial charge in [0, 0.05) is 36.8 Å². The molecule has 0 aliphatic carbocycles. The molecule has 0 bridgehead atoms. The molecule has 2 aromatic rings. The summed E-state index contributed by atoms with van der Waals surface area (Å²) in [5.74, 6) is -0.142. The first-order chi connectivity index (χ1) is 12.4. The van der Waals surface area contributed by atoms with E-state index in [-0.39, 0.29) is 16.7 Å². The van der Waals surface area contributed by atoms with Crippen molar-refractivity contribution in [1.82, 2.24) is 4.31 Å². The Kier molecular flexibility index (Phi) is 5.65. The molecule has 0 N–H and O–H groups in total. The van der Waals surface area contributed by atoms with Crippen molar-refractivity contribution in [2.75, 3.05) is 25.0 Å². The Morgan fingerprint density at radius 1 is 1.04 bits per heavy atom. The van der Waals surface area contributed by atoms with Gasteiger partial charge >= 0.3 is 0 Å². The fourth-order valence-corrected chi connectivity index (χ4v) is 4.75. The summed E-state index contributed by atoms with van der Waals surface area (Å²) in [5, 5.41) is 0.497. The van der Waals surface area contributed by atoms with E-state index in [0.29, 0.717) is 31.0 Å². The van der Waals surface area contributed by atoms with Crippen LogP contribution in [0.5, 0.6) is 0 Å². The molecule has 1 aliphatic rings. The minimum Gasteiger partial charge on any atom is -0.315 e. The Labute approximate surface area is 159 Å². The molecule has 1 amide bonds. The maximum absolute atomic E-state index is 12.7. The minimum atomic E-state index is -3.55. The highest BCUT2D eigenvalue weighted by Crippen LogP contribution is 2.26. The van der Waals surface area contributed by atoms with E-state index in [0.717, 1.165) is 5.69 Å². The molecule has 1 heterocycles. The molecule has 0 spiro atoms. The summed E-state index contributed by atoms with van der Waals surface area (Å²) in [6.07, 6.45) is 1.03. The second-order valence-electron chi connectivity index (χ2n) is 6.37. The average Bonchev–Trinajstić information content (AvgIpc) is 2.68. The molecule has 7 heteroatoms. The van der Waals surface area contributed by atoms with Crippen molar-refractivity contribution in [2.45, 2.75) is 17.7 Å². The van der Waals surface area contributed by atoms with Gasteiger partial charge in [-0.2, -0.15) is 4.31 Å². The van der Waals surface area contributed by atoms with Crippen LogP contribution in [0.15, 0.2) is 59.5 Å². The van der Waals surface area contributed by atoms with E-state index in [1.54, 1.807) is 24.1 Å². The van der Waals surface area contributed by atoms with E-state index >= 15 is 0 Å². The van der Waals surface area contributed by atoms with E-state index in [2.05, 4.69) is 0 Å². The summed E-state index contributed by atoms with van der Waals surface area (Å²) in [4.78, 5) is 14.6. The summed E-state index contributed by atoms with van der Waals surface area (Å²) in [6.45, 7) is 0.675. The number of rotatable bonds is 4. The van der Waals surface area contributed by atoms with Crippen molar-refractivity contribution < 1.29 is 13.2 Å². The third-order valence-electron chi connectivity index (χ3n) is 4.73. The normalized spacial score (nSPS) is 16.4. The summed E-state index contributed by atoms with van der Waals surface area (Å²) < 4.78 is 26.9. The molecule has 0 atom stereocenters. The Hall–Kier alpha value is -1.89. The molecule has 5 nitrogen and oxygen atoms in total. The number of carbonyl (C=O) groups is 1. The zero-order valence-electron chi connectivity index (χ0n) is 14.5. The quantitative estimate of drug-likeness (QED) is 0.801. The predicted molar refractivity (Wildman–Crippen MR) is 103 cm³/mol. The minimum absolute atomic E-state index is 0.0275. The van der Waals surface area contributed by atoms with Crippen molar-refractivity contribution in [3.63, 3.8) is 0 Å². The van der Waals surface area contributed by atoms with Crippen molar-refractivity contribution in [3.8, 4) is 0 Å². The molecule has 3 rings (SSSR count). The van der Waals surface area contributed by atoms with Gasteiger partial charge in [-0.3, -0.25) is 4.79 Å². The molecule has 0 aromatic heterocycles. The number of amides is 1. The monoisotopic (exact) mass is 392 g/mol. The number of hydrogen-bond donors (Lipinski definition) is 0. The Bertz CT molecular complexity index is 861. The number of para-hydroxylation sites is 1.